The van der Waals surface area contributed by atoms with Crippen LogP contribution in [-0.2, 0) is 5.41 Å². The highest BCUT2D eigenvalue weighted by molar-refractivity contribution is 6.77. The molecule has 12 rings (SSSR count). The monoisotopic (exact) mass is 842 g/mol. The molecule has 1 aliphatic rings. The van der Waals surface area contributed by atoms with Gasteiger partial charge in [-0.3, -0.25) is 4.57 Å². The molecule has 65 heavy (non-hydrogen) atoms. The van der Waals surface area contributed by atoms with Gasteiger partial charge in [0.2, 0.25) is 0 Å². The molecule has 11 aromatic rings. The van der Waals surface area contributed by atoms with Crippen LogP contribution < -0.4 is 15.0 Å². The van der Waals surface area contributed by atoms with Gasteiger partial charge in [-0.15, -0.1) is 0 Å². The number of hydrogen-bond donors (Lipinski definition) is 0. The molecule has 0 unspecified atom stereocenters. The fourth-order valence-electron chi connectivity index (χ4n) is 10.3. The molecular formula is C57H47BN6O. The first-order valence-electron chi connectivity index (χ1n) is 22.4. The van der Waals surface area contributed by atoms with E-state index in [4.69, 9.17) is 14.7 Å². The average Bonchev–Trinajstić information content (AvgIpc) is 4.02. The summed E-state index contributed by atoms with van der Waals surface area (Å²) in [6.07, 6.45) is 5.92. The number of anilines is 1. The van der Waals surface area contributed by atoms with Gasteiger partial charge in [0, 0.05) is 63.1 Å². The van der Waals surface area contributed by atoms with Gasteiger partial charge in [0.05, 0.1) is 22.1 Å². The minimum atomic E-state index is -0.0474. The van der Waals surface area contributed by atoms with Crippen molar-refractivity contribution in [2.45, 2.75) is 40.0 Å². The van der Waals surface area contributed by atoms with Crippen LogP contribution in [0.4, 0.5) is 5.69 Å². The first-order chi connectivity index (χ1) is 31.6. The zero-order valence-corrected chi connectivity index (χ0v) is 37.4. The second-order valence-electron chi connectivity index (χ2n) is 18.5. The van der Waals surface area contributed by atoms with Crippen molar-refractivity contribution >= 4 is 61.7 Å². The van der Waals surface area contributed by atoms with Crippen LogP contribution in [0.1, 0.15) is 37.5 Å². The Morgan fingerprint density at radius 1 is 0.538 bits per heavy atom. The number of hydrogen-bond acceptors (Lipinski definition) is 4. The molecule has 0 radical (unpaired) electrons. The first kappa shape index (κ1) is 38.8. The molecule has 1 aliphatic heterocycles. The summed E-state index contributed by atoms with van der Waals surface area (Å²) in [5, 5.41) is 4.75. The molecule has 314 valence electrons. The summed E-state index contributed by atoms with van der Waals surface area (Å²) in [6.45, 7) is 11.1. The van der Waals surface area contributed by atoms with Crippen LogP contribution in [0.2, 0.25) is 0 Å². The number of aryl methyl sites for hydroxylation is 2. The summed E-state index contributed by atoms with van der Waals surface area (Å²) in [4.78, 5) is 12.2. The maximum Gasteiger partial charge on any atom is 0.417 e. The summed E-state index contributed by atoms with van der Waals surface area (Å²) in [7, 11) is 2.17. The molecule has 0 fully saturated rings. The van der Waals surface area contributed by atoms with Crippen molar-refractivity contribution in [1.29, 1.82) is 0 Å². The van der Waals surface area contributed by atoms with Gasteiger partial charge in [0.25, 0.3) is 0 Å². The molecule has 4 aromatic heterocycles. The molecule has 0 N–H and O–H groups in total. The number of benzene rings is 7. The normalized spacial score (nSPS) is 12.7. The zero-order valence-electron chi connectivity index (χ0n) is 37.4. The van der Waals surface area contributed by atoms with Crippen molar-refractivity contribution in [3.8, 4) is 45.5 Å². The molecule has 8 heteroatoms. The van der Waals surface area contributed by atoms with Crippen molar-refractivity contribution < 1.29 is 4.74 Å². The molecule has 0 atom stereocenters. The third kappa shape index (κ3) is 6.19. The van der Waals surface area contributed by atoms with Crippen molar-refractivity contribution in [2.24, 2.45) is 0 Å². The Hall–Kier alpha value is -7.84. The molecule has 0 aliphatic carbocycles. The number of nitrogens with zero attached hydrogens (tertiary/aromatic N) is 6. The van der Waals surface area contributed by atoms with Crippen LogP contribution >= 0.6 is 0 Å². The number of aromatic nitrogens is 5. The molecule has 0 saturated heterocycles. The second-order valence-corrected chi connectivity index (χ2v) is 18.5. The van der Waals surface area contributed by atoms with E-state index in [2.05, 4.69) is 224 Å². The second kappa shape index (κ2) is 14.6. The minimum absolute atomic E-state index is 0.00683. The standard InChI is InChI=1S/C57H47BN6O/c1-36-13-12-14-37(2)55(36)58-61(6)49-26-22-42(34-48(49)56-60-29-30-62(56)58)65-43-21-23-45-47-32-39(20-25-52(47)64(53(45)35-43)54-33-40(27-28-59-54)57(3,4)5)38-19-24-51-46(31-38)44-17-10-11-18-50(44)63(51)41-15-8-7-9-16-41/h7-35H,1-6H3. The van der Waals surface area contributed by atoms with Crippen molar-refractivity contribution in [1.82, 2.24) is 23.6 Å². The Bertz CT molecular complexity index is 3660. The number of ether oxygens (including phenoxy) is 1. The van der Waals surface area contributed by atoms with E-state index < -0.39 is 0 Å². The summed E-state index contributed by atoms with van der Waals surface area (Å²) in [6, 6.07) is 56.7. The molecule has 0 amide bonds. The number of pyridine rings is 1. The number of rotatable bonds is 6. The molecule has 5 heterocycles. The van der Waals surface area contributed by atoms with Crippen molar-refractivity contribution in [3.63, 3.8) is 0 Å². The Balaban J connectivity index is 0.970. The number of para-hydroxylation sites is 2. The van der Waals surface area contributed by atoms with Gasteiger partial charge >= 0.3 is 6.98 Å². The largest absolute Gasteiger partial charge is 0.457 e. The number of imidazole rings is 1. The molecule has 7 nitrogen and oxygen atoms in total. The van der Waals surface area contributed by atoms with E-state index in [0.717, 1.165) is 67.4 Å². The minimum Gasteiger partial charge on any atom is -0.457 e. The van der Waals surface area contributed by atoms with Gasteiger partial charge in [-0.2, -0.15) is 0 Å². The Labute approximate surface area is 378 Å². The zero-order chi connectivity index (χ0) is 44.1. The van der Waals surface area contributed by atoms with Gasteiger partial charge in [0.1, 0.15) is 23.1 Å². The lowest BCUT2D eigenvalue weighted by molar-refractivity contribution is 0.483. The Kier molecular flexibility index (Phi) is 8.72. The molecule has 7 aromatic carbocycles. The van der Waals surface area contributed by atoms with Crippen LogP contribution in [0.15, 0.2) is 176 Å². The van der Waals surface area contributed by atoms with Gasteiger partial charge in [-0.25, -0.2) is 9.97 Å². The summed E-state index contributed by atoms with van der Waals surface area (Å²) < 4.78 is 13.7. The highest BCUT2D eigenvalue weighted by atomic mass is 16.5. The van der Waals surface area contributed by atoms with Gasteiger partial charge in [0.15, 0.2) is 0 Å². The van der Waals surface area contributed by atoms with Crippen LogP contribution in [0.25, 0.3) is 77.6 Å². The van der Waals surface area contributed by atoms with Crippen LogP contribution in [0.3, 0.4) is 0 Å². The van der Waals surface area contributed by atoms with E-state index in [1.807, 2.05) is 12.4 Å². The quantitative estimate of drug-likeness (QED) is 0.157. The summed E-state index contributed by atoms with van der Waals surface area (Å²) in [5.74, 6) is 3.29. The van der Waals surface area contributed by atoms with E-state index in [1.54, 1.807) is 0 Å². The predicted molar refractivity (Wildman–Crippen MR) is 270 cm³/mol. The lowest BCUT2D eigenvalue weighted by Crippen LogP contribution is -2.56. The number of fused-ring (bicyclic) bond motifs is 9. The van der Waals surface area contributed by atoms with E-state index in [-0.39, 0.29) is 12.4 Å². The average molecular weight is 843 g/mol. The highest BCUT2D eigenvalue weighted by Gasteiger charge is 2.37. The van der Waals surface area contributed by atoms with Crippen LogP contribution in [-0.4, -0.2) is 37.6 Å². The molecule has 0 saturated carbocycles. The van der Waals surface area contributed by atoms with Crippen molar-refractivity contribution in [3.05, 3.63) is 193 Å². The van der Waals surface area contributed by atoms with Crippen molar-refractivity contribution in [2.75, 3.05) is 11.9 Å². The predicted octanol–water partition coefficient (Wildman–Crippen LogP) is 13.2. The maximum absolute atomic E-state index is 6.81. The third-order valence-electron chi connectivity index (χ3n) is 13.5. The molecule has 0 spiro atoms. The third-order valence-corrected chi connectivity index (χ3v) is 13.5. The van der Waals surface area contributed by atoms with Gasteiger partial charge in [-0.05, 0) is 133 Å². The SMILES string of the molecule is Cc1cccc(C)c1B1N(C)c2ccc(Oc3ccc4c5cc(-c6ccc7c(c6)c6ccccc6n7-c6ccccc6)ccc5n(-c5cc(C(C)(C)C)ccn5)c4c3)cc2-c2nccn21. The van der Waals surface area contributed by atoms with E-state index >= 15 is 0 Å². The highest BCUT2D eigenvalue weighted by Crippen LogP contribution is 2.42. The fraction of sp³-hybridized carbons (Fsp3) is 0.123. The molecule has 0 bridgehead atoms. The van der Waals surface area contributed by atoms with E-state index in [0.29, 0.717) is 0 Å². The fourth-order valence-corrected chi connectivity index (χ4v) is 10.3. The topological polar surface area (TPSA) is 53.0 Å². The van der Waals surface area contributed by atoms with E-state index in [9.17, 15) is 0 Å². The maximum atomic E-state index is 6.81. The lowest BCUT2D eigenvalue weighted by Gasteiger charge is -2.36. The molecular weight excluding hydrogens is 795 g/mol. The van der Waals surface area contributed by atoms with Crippen LogP contribution in [0, 0.1) is 13.8 Å². The van der Waals surface area contributed by atoms with Crippen LogP contribution in [0.5, 0.6) is 11.5 Å². The van der Waals surface area contributed by atoms with Gasteiger partial charge < -0.3 is 18.6 Å². The summed E-state index contributed by atoms with van der Waals surface area (Å²) >= 11 is 0. The Morgan fingerprint density at radius 2 is 1.20 bits per heavy atom. The Morgan fingerprint density at radius 3 is 1.95 bits per heavy atom. The smallest absolute Gasteiger partial charge is 0.417 e. The van der Waals surface area contributed by atoms with Gasteiger partial charge in [-0.1, -0.05) is 98.6 Å². The lowest BCUT2D eigenvalue weighted by atomic mass is 9.60. The van der Waals surface area contributed by atoms with E-state index in [1.165, 1.54) is 49.5 Å². The first-order valence-corrected chi connectivity index (χ1v) is 22.4. The summed E-state index contributed by atoms with van der Waals surface area (Å²) in [5.41, 5.74) is 15.1.